The van der Waals surface area contributed by atoms with E-state index >= 15 is 0 Å². The van der Waals surface area contributed by atoms with Crippen molar-refractivity contribution < 1.29 is 4.79 Å². The molecular weight excluding hydrogens is 246 g/mol. The Kier molecular flexibility index (Phi) is 4.57. The van der Waals surface area contributed by atoms with Gasteiger partial charge in [-0.3, -0.25) is 4.79 Å². The summed E-state index contributed by atoms with van der Waals surface area (Å²) < 4.78 is 0. The molecule has 1 N–H and O–H groups in total. The van der Waals surface area contributed by atoms with Crippen LogP contribution in [0.2, 0.25) is 0 Å². The summed E-state index contributed by atoms with van der Waals surface area (Å²) in [6.07, 6.45) is 0.444. The fraction of sp³-hybridized carbons (Fsp3) is 0.278. The van der Waals surface area contributed by atoms with E-state index in [2.05, 4.69) is 42.6 Å². The van der Waals surface area contributed by atoms with Crippen molar-refractivity contribution in [1.29, 1.82) is 0 Å². The third kappa shape index (κ3) is 3.95. The molecule has 1 amide bonds. The van der Waals surface area contributed by atoms with Gasteiger partial charge in [0, 0.05) is 6.54 Å². The second-order valence-electron chi connectivity index (χ2n) is 5.37. The Bertz CT molecular complexity index is 617. The van der Waals surface area contributed by atoms with Crippen molar-refractivity contribution in [1.82, 2.24) is 5.32 Å². The number of carbonyl (C=O) groups excluding carboxylic acids is 1. The number of rotatable bonds is 4. The van der Waals surface area contributed by atoms with Gasteiger partial charge in [0.2, 0.25) is 5.91 Å². The van der Waals surface area contributed by atoms with Crippen LogP contribution in [0.25, 0.3) is 0 Å². The molecule has 0 aliphatic heterocycles. The molecule has 0 fully saturated rings. The maximum atomic E-state index is 12.0. The van der Waals surface area contributed by atoms with Crippen LogP contribution in [0.4, 0.5) is 0 Å². The molecule has 0 heterocycles. The number of carbonyl (C=O) groups is 1. The maximum absolute atomic E-state index is 12.0. The molecule has 2 nitrogen and oxygen atoms in total. The second kappa shape index (κ2) is 6.38. The van der Waals surface area contributed by atoms with Crippen molar-refractivity contribution in [3.63, 3.8) is 0 Å². The Morgan fingerprint density at radius 1 is 1.00 bits per heavy atom. The van der Waals surface area contributed by atoms with E-state index in [1.54, 1.807) is 0 Å². The van der Waals surface area contributed by atoms with E-state index in [1.807, 2.05) is 26.0 Å². The lowest BCUT2D eigenvalue weighted by Gasteiger charge is -2.09. The zero-order valence-corrected chi connectivity index (χ0v) is 12.4. The van der Waals surface area contributed by atoms with Gasteiger partial charge in [0.25, 0.3) is 0 Å². The third-order valence-corrected chi connectivity index (χ3v) is 3.43. The summed E-state index contributed by atoms with van der Waals surface area (Å²) in [7, 11) is 0. The molecule has 0 spiro atoms. The van der Waals surface area contributed by atoms with E-state index in [1.165, 1.54) is 16.7 Å². The van der Waals surface area contributed by atoms with E-state index in [0.717, 1.165) is 11.1 Å². The van der Waals surface area contributed by atoms with Gasteiger partial charge < -0.3 is 5.32 Å². The zero-order valence-electron chi connectivity index (χ0n) is 12.4. The predicted molar refractivity (Wildman–Crippen MR) is 82.6 cm³/mol. The van der Waals surface area contributed by atoms with Crippen LogP contribution in [0.15, 0.2) is 42.5 Å². The molecular formula is C18H21NO. The molecule has 0 aliphatic carbocycles. The lowest BCUT2D eigenvalue weighted by molar-refractivity contribution is -0.120. The van der Waals surface area contributed by atoms with E-state index < -0.39 is 0 Å². The van der Waals surface area contributed by atoms with Crippen LogP contribution in [0, 0.1) is 20.8 Å². The summed E-state index contributed by atoms with van der Waals surface area (Å²) in [5.41, 5.74) is 5.82. The molecule has 0 atom stereocenters. The molecule has 0 unspecified atom stereocenters. The van der Waals surface area contributed by atoms with Gasteiger partial charge >= 0.3 is 0 Å². The zero-order chi connectivity index (χ0) is 14.5. The molecule has 104 valence electrons. The monoisotopic (exact) mass is 267 g/mol. The quantitative estimate of drug-likeness (QED) is 0.903. The molecule has 0 aliphatic rings. The average molecular weight is 267 g/mol. The summed E-state index contributed by atoms with van der Waals surface area (Å²) in [5, 5.41) is 2.98. The Labute approximate surface area is 120 Å². The number of hydrogen-bond acceptors (Lipinski definition) is 1. The molecule has 0 saturated heterocycles. The molecule has 0 radical (unpaired) electrons. The first-order chi connectivity index (χ1) is 9.54. The van der Waals surface area contributed by atoms with Crippen molar-refractivity contribution in [2.24, 2.45) is 0 Å². The second-order valence-corrected chi connectivity index (χ2v) is 5.37. The highest BCUT2D eigenvalue weighted by Crippen LogP contribution is 2.11. The van der Waals surface area contributed by atoms with Gasteiger partial charge in [-0.2, -0.15) is 0 Å². The molecule has 2 aromatic carbocycles. The van der Waals surface area contributed by atoms with Crippen LogP contribution in [0.1, 0.15) is 27.8 Å². The smallest absolute Gasteiger partial charge is 0.224 e. The van der Waals surface area contributed by atoms with Gasteiger partial charge in [-0.25, -0.2) is 0 Å². The minimum atomic E-state index is 0.0696. The van der Waals surface area contributed by atoms with Crippen molar-refractivity contribution in [3.05, 3.63) is 70.3 Å². The minimum absolute atomic E-state index is 0.0696. The van der Waals surface area contributed by atoms with Crippen LogP contribution in [0.5, 0.6) is 0 Å². The van der Waals surface area contributed by atoms with E-state index in [9.17, 15) is 4.79 Å². The molecule has 2 aromatic rings. The minimum Gasteiger partial charge on any atom is -0.352 e. The number of hydrogen-bond donors (Lipinski definition) is 1. The summed E-state index contributed by atoms with van der Waals surface area (Å²) in [4.78, 5) is 12.0. The van der Waals surface area contributed by atoms with Crippen molar-refractivity contribution in [3.8, 4) is 0 Å². The molecule has 0 bridgehead atoms. The van der Waals surface area contributed by atoms with Crippen molar-refractivity contribution in [2.45, 2.75) is 33.7 Å². The molecule has 20 heavy (non-hydrogen) atoms. The first kappa shape index (κ1) is 14.3. The van der Waals surface area contributed by atoms with Gasteiger partial charge in [0.1, 0.15) is 0 Å². The van der Waals surface area contributed by atoms with Crippen LogP contribution in [0.3, 0.4) is 0 Å². The standard InChI is InChI=1S/C18H21NO/c1-13-5-4-6-16(9-13)12-19-18(20)11-17-10-14(2)7-8-15(17)3/h4-10H,11-12H2,1-3H3,(H,19,20). The van der Waals surface area contributed by atoms with E-state index in [-0.39, 0.29) is 5.91 Å². The van der Waals surface area contributed by atoms with Crippen LogP contribution in [-0.4, -0.2) is 5.91 Å². The van der Waals surface area contributed by atoms with Gasteiger partial charge in [-0.05, 0) is 37.5 Å². The Morgan fingerprint density at radius 3 is 2.50 bits per heavy atom. The van der Waals surface area contributed by atoms with Gasteiger partial charge in [-0.1, -0.05) is 53.6 Å². The fourth-order valence-corrected chi connectivity index (χ4v) is 2.25. The van der Waals surface area contributed by atoms with Gasteiger partial charge in [0.15, 0.2) is 0 Å². The summed E-state index contributed by atoms with van der Waals surface area (Å²) >= 11 is 0. The summed E-state index contributed by atoms with van der Waals surface area (Å²) in [5.74, 6) is 0.0696. The van der Waals surface area contributed by atoms with Crippen LogP contribution in [-0.2, 0) is 17.8 Å². The summed E-state index contributed by atoms with van der Waals surface area (Å²) in [6.45, 7) is 6.74. The maximum Gasteiger partial charge on any atom is 0.224 e. The largest absolute Gasteiger partial charge is 0.352 e. The average Bonchev–Trinajstić information content (AvgIpc) is 2.41. The molecule has 2 heteroatoms. The molecule has 0 saturated carbocycles. The molecule has 2 rings (SSSR count). The Hall–Kier alpha value is -2.09. The number of benzene rings is 2. The SMILES string of the molecule is Cc1cccc(CNC(=O)Cc2cc(C)ccc2C)c1. The van der Waals surface area contributed by atoms with Gasteiger partial charge in [0.05, 0.1) is 6.42 Å². The number of nitrogens with one attached hydrogen (secondary N) is 1. The number of amides is 1. The Balaban J connectivity index is 1.94. The fourth-order valence-electron chi connectivity index (χ4n) is 2.25. The van der Waals surface area contributed by atoms with E-state index in [0.29, 0.717) is 13.0 Å². The first-order valence-electron chi connectivity index (χ1n) is 6.93. The predicted octanol–water partition coefficient (Wildman–Crippen LogP) is 3.47. The lowest BCUT2D eigenvalue weighted by Crippen LogP contribution is -2.24. The van der Waals surface area contributed by atoms with Crippen LogP contribution >= 0.6 is 0 Å². The highest BCUT2D eigenvalue weighted by atomic mass is 16.1. The first-order valence-corrected chi connectivity index (χ1v) is 6.93. The van der Waals surface area contributed by atoms with E-state index in [4.69, 9.17) is 0 Å². The van der Waals surface area contributed by atoms with Crippen molar-refractivity contribution >= 4 is 5.91 Å². The topological polar surface area (TPSA) is 29.1 Å². The summed E-state index contributed by atoms with van der Waals surface area (Å²) in [6, 6.07) is 14.4. The van der Waals surface area contributed by atoms with Gasteiger partial charge in [-0.15, -0.1) is 0 Å². The van der Waals surface area contributed by atoms with Crippen LogP contribution < -0.4 is 5.32 Å². The number of aryl methyl sites for hydroxylation is 3. The normalized spacial score (nSPS) is 10.3. The highest BCUT2D eigenvalue weighted by Gasteiger charge is 2.06. The highest BCUT2D eigenvalue weighted by molar-refractivity contribution is 5.79. The Morgan fingerprint density at radius 2 is 1.75 bits per heavy atom. The lowest BCUT2D eigenvalue weighted by atomic mass is 10.0. The third-order valence-electron chi connectivity index (χ3n) is 3.43. The molecule has 0 aromatic heterocycles. The van der Waals surface area contributed by atoms with Crippen molar-refractivity contribution in [2.75, 3.05) is 0 Å².